The summed E-state index contributed by atoms with van der Waals surface area (Å²) in [4.78, 5) is 0. The van der Waals surface area contributed by atoms with Gasteiger partial charge in [0.2, 0.25) is 5.75 Å². The van der Waals surface area contributed by atoms with Crippen molar-refractivity contribution in [1.82, 2.24) is 0 Å². The van der Waals surface area contributed by atoms with Crippen LogP contribution in [0.1, 0.15) is 5.56 Å². The average Bonchev–Trinajstić information content (AvgIpc) is 2.46. The molecule has 2 aromatic rings. The van der Waals surface area contributed by atoms with Crippen molar-refractivity contribution >= 4 is 0 Å². The summed E-state index contributed by atoms with van der Waals surface area (Å²) in [5, 5.41) is 0. The number of benzene rings is 2. The molecule has 0 amide bonds. The SMILES string of the molecule is COc1ccc(-c2ccccc2C)c(OC)c1OC. The maximum atomic E-state index is 5.51. The Morgan fingerprint density at radius 2 is 1.37 bits per heavy atom. The zero-order valence-corrected chi connectivity index (χ0v) is 11.7. The van der Waals surface area contributed by atoms with E-state index in [2.05, 4.69) is 19.1 Å². The van der Waals surface area contributed by atoms with E-state index in [0.29, 0.717) is 17.2 Å². The zero-order chi connectivity index (χ0) is 13.8. The standard InChI is InChI=1S/C16H18O3/c1-11-7-5-6-8-12(11)13-9-10-14(17-2)16(19-4)15(13)18-3/h5-10H,1-4H3. The molecule has 0 unspecified atom stereocenters. The summed E-state index contributed by atoms with van der Waals surface area (Å²) in [7, 11) is 4.87. The molecular weight excluding hydrogens is 240 g/mol. The molecule has 0 fully saturated rings. The van der Waals surface area contributed by atoms with Gasteiger partial charge in [0, 0.05) is 5.56 Å². The van der Waals surface area contributed by atoms with E-state index in [1.165, 1.54) is 5.56 Å². The molecule has 0 spiro atoms. The molecule has 19 heavy (non-hydrogen) atoms. The summed E-state index contributed by atoms with van der Waals surface area (Å²) < 4.78 is 16.2. The van der Waals surface area contributed by atoms with Gasteiger partial charge in [0.05, 0.1) is 21.3 Å². The Morgan fingerprint density at radius 1 is 0.684 bits per heavy atom. The fraction of sp³-hybridized carbons (Fsp3) is 0.250. The highest BCUT2D eigenvalue weighted by atomic mass is 16.5. The highest BCUT2D eigenvalue weighted by Crippen LogP contribution is 2.44. The van der Waals surface area contributed by atoms with Crippen molar-refractivity contribution in [2.24, 2.45) is 0 Å². The lowest BCUT2D eigenvalue weighted by atomic mass is 9.99. The van der Waals surface area contributed by atoms with Crippen LogP contribution in [0, 0.1) is 6.92 Å². The van der Waals surface area contributed by atoms with Crippen LogP contribution in [0.15, 0.2) is 36.4 Å². The second-order valence-corrected chi connectivity index (χ2v) is 4.20. The lowest BCUT2D eigenvalue weighted by molar-refractivity contribution is 0.325. The van der Waals surface area contributed by atoms with E-state index in [0.717, 1.165) is 11.1 Å². The smallest absolute Gasteiger partial charge is 0.203 e. The lowest BCUT2D eigenvalue weighted by Gasteiger charge is -2.16. The number of methoxy groups -OCH3 is 3. The van der Waals surface area contributed by atoms with E-state index in [9.17, 15) is 0 Å². The molecule has 0 heterocycles. The van der Waals surface area contributed by atoms with Crippen LogP contribution >= 0.6 is 0 Å². The Hall–Kier alpha value is -2.16. The topological polar surface area (TPSA) is 27.7 Å². The molecule has 0 aliphatic carbocycles. The predicted molar refractivity (Wildman–Crippen MR) is 76.3 cm³/mol. The Morgan fingerprint density at radius 3 is 1.95 bits per heavy atom. The van der Waals surface area contributed by atoms with Crippen LogP contribution in [0.3, 0.4) is 0 Å². The molecular formula is C16H18O3. The van der Waals surface area contributed by atoms with Gasteiger partial charge >= 0.3 is 0 Å². The van der Waals surface area contributed by atoms with Gasteiger partial charge in [-0.25, -0.2) is 0 Å². The van der Waals surface area contributed by atoms with E-state index in [1.807, 2.05) is 24.3 Å². The molecule has 2 rings (SSSR count). The first kappa shape index (κ1) is 13.3. The highest BCUT2D eigenvalue weighted by Gasteiger charge is 2.17. The molecule has 0 aliphatic rings. The van der Waals surface area contributed by atoms with Crippen molar-refractivity contribution in [3.63, 3.8) is 0 Å². The van der Waals surface area contributed by atoms with Gasteiger partial charge in [-0.1, -0.05) is 24.3 Å². The van der Waals surface area contributed by atoms with Gasteiger partial charge in [-0.3, -0.25) is 0 Å². The highest BCUT2D eigenvalue weighted by molar-refractivity contribution is 5.78. The van der Waals surface area contributed by atoms with Crippen molar-refractivity contribution in [2.45, 2.75) is 6.92 Å². The fourth-order valence-electron chi connectivity index (χ4n) is 2.19. The van der Waals surface area contributed by atoms with Gasteiger partial charge in [0.1, 0.15) is 0 Å². The minimum atomic E-state index is 0.616. The van der Waals surface area contributed by atoms with E-state index < -0.39 is 0 Å². The van der Waals surface area contributed by atoms with Crippen LogP contribution in [0.2, 0.25) is 0 Å². The maximum absolute atomic E-state index is 5.51. The Kier molecular flexibility index (Phi) is 3.95. The third-order valence-corrected chi connectivity index (χ3v) is 3.14. The van der Waals surface area contributed by atoms with E-state index in [1.54, 1.807) is 21.3 Å². The van der Waals surface area contributed by atoms with Crippen molar-refractivity contribution in [1.29, 1.82) is 0 Å². The molecule has 0 bridgehead atoms. The number of hydrogen-bond donors (Lipinski definition) is 0. The van der Waals surface area contributed by atoms with Crippen molar-refractivity contribution < 1.29 is 14.2 Å². The molecule has 0 aromatic heterocycles. The summed E-state index contributed by atoms with van der Waals surface area (Å²) in [6, 6.07) is 12.1. The van der Waals surface area contributed by atoms with Crippen molar-refractivity contribution in [3.05, 3.63) is 42.0 Å². The second-order valence-electron chi connectivity index (χ2n) is 4.20. The molecule has 0 radical (unpaired) electrons. The monoisotopic (exact) mass is 258 g/mol. The van der Waals surface area contributed by atoms with Crippen LogP contribution in [-0.2, 0) is 0 Å². The van der Waals surface area contributed by atoms with E-state index >= 15 is 0 Å². The normalized spacial score (nSPS) is 10.1. The van der Waals surface area contributed by atoms with Gasteiger partial charge in [-0.15, -0.1) is 0 Å². The molecule has 0 atom stereocenters. The van der Waals surface area contributed by atoms with Crippen LogP contribution in [0.25, 0.3) is 11.1 Å². The predicted octanol–water partition coefficient (Wildman–Crippen LogP) is 3.69. The van der Waals surface area contributed by atoms with Crippen molar-refractivity contribution in [3.8, 4) is 28.4 Å². The Balaban J connectivity index is 2.68. The molecule has 3 heteroatoms. The van der Waals surface area contributed by atoms with E-state index in [4.69, 9.17) is 14.2 Å². The molecule has 0 aliphatic heterocycles. The van der Waals surface area contributed by atoms with Gasteiger partial charge < -0.3 is 14.2 Å². The van der Waals surface area contributed by atoms with Gasteiger partial charge in [-0.05, 0) is 30.2 Å². The summed E-state index contributed by atoms with van der Waals surface area (Å²) in [5.41, 5.74) is 3.31. The average molecular weight is 258 g/mol. The second kappa shape index (κ2) is 5.65. The largest absolute Gasteiger partial charge is 0.493 e. The minimum Gasteiger partial charge on any atom is -0.493 e. The molecule has 0 saturated heterocycles. The quantitative estimate of drug-likeness (QED) is 0.837. The summed E-state index contributed by atoms with van der Waals surface area (Å²) in [6.45, 7) is 2.07. The van der Waals surface area contributed by atoms with Crippen LogP contribution < -0.4 is 14.2 Å². The third-order valence-electron chi connectivity index (χ3n) is 3.14. The van der Waals surface area contributed by atoms with Crippen molar-refractivity contribution in [2.75, 3.05) is 21.3 Å². The van der Waals surface area contributed by atoms with Crippen LogP contribution in [0.5, 0.6) is 17.2 Å². The summed E-state index contributed by atoms with van der Waals surface area (Å²) >= 11 is 0. The van der Waals surface area contributed by atoms with Gasteiger partial charge in [0.15, 0.2) is 11.5 Å². The molecule has 0 saturated carbocycles. The fourth-order valence-corrected chi connectivity index (χ4v) is 2.19. The Bertz CT molecular complexity index is 576. The minimum absolute atomic E-state index is 0.616. The number of hydrogen-bond acceptors (Lipinski definition) is 3. The Labute approximate surface area is 113 Å². The first-order valence-corrected chi connectivity index (χ1v) is 6.08. The van der Waals surface area contributed by atoms with E-state index in [-0.39, 0.29) is 0 Å². The third kappa shape index (κ3) is 2.36. The van der Waals surface area contributed by atoms with Gasteiger partial charge in [0.25, 0.3) is 0 Å². The summed E-state index contributed by atoms with van der Waals surface area (Å²) in [6.07, 6.45) is 0. The summed E-state index contributed by atoms with van der Waals surface area (Å²) in [5.74, 6) is 1.97. The van der Waals surface area contributed by atoms with Crippen LogP contribution in [0.4, 0.5) is 0 Å². The molecule has 2 aromatic carbocycles. The first-order chi connectivity index (χ1) is 9.22. The van der Waals surface area contributed by atoms with Gasteiger partial charge in [-0.2, -0.15) is 0 Å². The number of rotatable bonds is 4. The maximum Gasteiger partial charge on any atom is 0.203 e. The lowest BCUT2D eigenvalue weighted by Crippen LogP contribution is -1.97. The molecule has 3 nitrogen and oxygen atoms in total. The number of aryl methyl sites for hydroxylation is 1. The number of ether oxygens (including phenoxy) is 3. The first-order valence-electron chi connectivity index (χ1n) is 6.08. The van der Waals surface area contributed by atoms with Crippen LogP contribution in [-0.4, -0.2) is 21.3 Å². The molecule has 0 N–H and O–H groups in total. The zero-order valence-electron chi connectivity index (χ0n) is 11.7. The molecule has 100 valence electrons.